The van der Waals surface area contributed by atoms with Crippen LogP contribution in [-0.4, -0.2) is 30.0 Å². The van der Waals surface area contributed by atoms with E-state index in [0.29, 0.717) is 31.7 Å². The predicted molar refractivity (Wildman–Crippen MR) is 90.1 cm³/mol. The third-order valence-electron chi connectivity index (χ3n) is 4.45. The van der Waals surface area contributed by atoms with Crippen molar-refractivity contribution < 1.29 is 9.05 Å². The van der Waals surface area contributed by atoms with Gasteiger partial charge in [-0.05, 0) is 64.4 Å². The molecule has 3 atom stereocenters. The van der Waals surface area contributed by atoms with Gasteiger partial charge in [-0.2, -0.15) is 5.26 Å². The Morgan fingerprint density at radius 2 is 2.00 bits per heavy atom. The molecule has 0 heterocycles. The second kappa shape index (κ2) is 8.41. The van der Waals surface area contributed by atoms with Crippen LogP contribution in [0.15, 0.2) is 11.6 Å². The van der Waals surface area contributed by atoms with Crippen molar-refractivity contribution in [2.75, 3.05) is 13.2 Å². The number of fused-ring (bicyclic) bond motifs is 2. The van der Waals surface area contributed by atoms with Crippen LogP contribution < -0.4 is 0 Å². The Morgan fingerprint density at radius 3 is 2.50 bits per heavy atom. The summed E-state index contributed by atoms with van der Waals surface area (Å²) in [6, 6.07) is 2.87. The van der Waals surface area contributed by atoms with Gasteiger partial charge in [-0.1, -0.05) is 6.08 Å². The van der Waals surface area contributed by atoms with E-state index >= 15 is 0 Å². The number of rotatable bonds is 9. The molecule has 5 heteroatoms. The second-order valence-corrected chi connectivity index (χ2v) is 8.29. The smallest absolute Gasteiger partial charge is 0.259 e. The lowest BCUT2D eigenvalue weighted by Crippen LogP contribution is -2.33. The summed E-state index contributed by atoms with van der Waals surface area (Å²) in [5.41, 5.74) is 1.47. The first kappa shape index (κ1) is 17.9. The molecular formula is C17H29N2O2P. The van der Waals surface area contributed by atoms with E-state index in [-0.39, 0.29) is 0 Å². The minimum absolute atomic E-state index is 0.363. The molecule has 4 nitrogen and oxygen atoms in total. The molecule has 0 spiro atoms. The van der Waals surface area contributed by atoms with Crippen LogP contribution in [-0.2, 0) is 9.05 Å². The van der Waals surface area contributed by atoms with Crippen molar-refractivity contribution in [3.05, 3.63) is 11.6 Å². The van der Waals surface area contributed by atoms with Gasteiger partial charge in [-0.15, -0.1) is 0 Å². The maximum atomic E-state index is 8.72. The molecule has 0 aromatic heterocycles. The van der Waals surface area contributed by atoms with Gasteiger partial charge >= 0.3 is 0 Å². The lowest BCUT2D eigenvalue weighted by atomic mass is 10.00. The summed E-state index contributed by atoms with van der Waals surface area (Å²) in [4.78, 5) is 0. The normalized spacial score (nSPS) is 25.1. The van der Waals surface area contributed by atoms with Gasteiger partial charge in [0.1, 0.15) is 0 Å². The van der Waals surface area contributed by atoms with E-state index in [4.69, 9.17) is 14.3 Å². The summed E-state index contributed by atoms with van der Waals surface area (Å²) >= 11 is 0. The first-order chi connectivity index (χ1) is 10.5. The lowest BCUT2D eigenvalue weighted by molar-refractivity contribution is 0.182. The predicted octanol–water partition coefficient (Wildman–Crippen LogP) is 4.64. The van der Waals surface area contributed by atoms with Crippen LogP contribution in [0.2, 0.25) is 0 Å². The number of hydrogen-bond acceptors (Lipinski definition) is 4. The van der Waals surface area contributed by atoms with Gasteiger partial charge in [0.15, 0.2) is 0 Å². The molecule has 3 unspecified atom stereocenters. The van der Waals surface area contributed by atoms with E-state index < -0.39 is 8.53 Å². The van der Waals surface area contributed by atoms with E-state index in [1.807, 2.05) is 0 Å². The van der Waals surface area contributed by atoms with E-state index in [1.165, 1.54) is 24.8 Å². The summed E-state index contributed by atoms with van der Waals surface area (Å²) in [5.74, 6) is 1.54. The summed E-state index contributed by atoms with van der Waals surface area (Å²) < 4.78 is 14.4. The van der Waals surface area contributed by atoms with Crippen molar-refractivity contribution in [2.45, 2.75) is 65.5 Å². The number of nitrogens with zero attached hydrogens (tertiary/aromatic N) is 2. The SMILES string of the molecule is CC(C)N(C(C)C)P(OCCC#N)OCC1=CC2CCC1C2. The Morgan fingerprint density at radius 1 is 1.27 bits per heavy atom. The zero-order valence-corrected chi connectivity index (χ0v) is 15.2. The average molecular weight is 324 g/mol. The third kappa shape index (κ3) is 4.52. The zero-order chi connectivity index (χ0) is 16.1. The molecule has 0 N–H and O–H groups in total. The second-order valence-electron chi connectivity index (χ2n) is 6.83. The fourth-order valence-corrected chi connectivity index (χ4v) is 5.15. The van der Waals surface area contributed by atoms with Crippen LogP contribution in [0.3, 0.4) is 0 Å². The Labute approximate surface area is 136 Å². The Hall–Kier alpha value is -0.460. The Balaban J connectivity index is 1.94. The highest BCUT2D eigenvalue weighted by molar-refractivity contribution is 7.44. The molecule has 2 aliphatic rings. The molecule has 0 amide bonds. The average Bonchev–Trinajstić information content (AvgIpc) is 3.06. The van der Waals surface area contributed by atoms with Crippen LogP contribution in [0.1, 0.15) is 53.4 Å². The van der Waals surface area contributed by atoms with Gasteiger partial charge < -0.3 is 9.05 Å². The summed E-state index contributed by atoms with van der Waals surface area (Å²) in [7, 11) is -1.10. The summed E-state index contributed by atoms with van der Waals surface area (Å²) in [5, 5.41) is 8.72. The molecule has 2 rings (SSSR count). The van der Waals surface area contributed by atoms with Crippen molar-refractivity contribution in [3.63, 3.8) is 0 Å². The van der Waals surface area contributed by atoms with Gasteiger partial charge in [-0.3, -0.25) is 0 Å². The van der Waals surface area contributed by atoms with Crippen LogP contribution in [0, 0.1) is 23.2 Å². The highest BCUT2D eigenvalue weighted by Gasteiger charge is 2.34. The van der Waals surface area contributed by atoms with Gasteiger partial charge in [0.05, 0.1) is 25.7 Å². The molecule has 2 aliphatic carbocycles. The summed E-state index contributed by atoms with van der Waals surface area (Å²) in [6.07, 6.45) is 6.84. The van der Waals surface area contributed by atoms with Crippen molar-refractivity contribution >= 4 is 8.53 Å². The highest BCUT2D eigenvalue weighted by Crippen LogP contribution is 2.49. The molecule has 0 aliphatic heterocycles. The fourth-order valence-electron chi connectivity index (χ4n) is 3.55. The quantitative estimate of drug-likeness (QED) is 0.352. The molecule has 1 fully saturated rings. The van der Waals surface area contributed by atoms with E-state index in [0.717, 1.165) is 11.8 Å². The molecule has 0 aromatic carbocycles. The van der Waals surface area contributed by atoms with Crippen molar-refractivity contribution in [1.82, 2.24) is 4.67 Å². The topological polar surface area (TPSA) is 45.5 Å². The van der Waals surface area contributed by atoms with Crippen LogP contribution in [0.4, 0.5) is 0 Å². The largest absolute Gasteiger partial charge is 0.321 e. The number of allylic oxidation sites excluding steroid dienone is 1. The minimum Gasteiger partial charge on any atom is -0.321 e. The molecule has 1 saturated carbocycles. The first-order valence-electron chi connectivity index (χ1n) is 8.44. The van der Waals surface area contributed by atoms with Crippen LogP contribution >= 0.6 is 8.53 Å². The summed E-state index contributed by atoms with van der Waals surface area (Å²) in [6.45, 7) is 9.82. The monoisotopic (exact) mass is 324 g/mol. The Bertz CT molecular complexity index is 423. The zero-order valence-electron chi connectivity index (χ0n) is 14.3. The minimum atomic E-state index is -1.10. The van der Waals surface area contributed by atoms with Gasteiger partial charge in [0.2, 0.25) is 0 Å². The molecule has 0 aromatic rings. The molecule has 124 valence electrons. The van der Waals surface area contributed by atoms with Crippen molar-refractivity contribution in [3.8, 4) is 6.07 Å². The molecule has 2 bridgehead atoms. The third-order valence-corrected chi connectivity index (χ3v) is 6.51. The van der Waals surface area contributed by atoms with Gasteiger partial charge in [0, 0.05) is 12.1 Å². The van der Waals surface area contributed by atoms with Crippen LogP contribution in [0.5, 0.6) is 0 Å². The first-order valence-corrected chi connectivity index (χ1v) is 9.57. The maximum absolute atomic E-state index is 8.72. The van der Waals surface area contributed by atoms with E-state index in [2.05, 4.69) is 44.5 Å². The van der Waals surface area contributed by atoms with Crippen LogP contribution in [0.25, 0.3) is 0 Å². The maximum Gasteiger partial charge on any atom is 0.259 e. The molecule has 22 heavy (non-hydrogen) atoms. The Kier molecular flexibility index (Phi) is 6.84. The lowest BCUT2D eigenvalue weighted by Gasteiger charge is -2.35. The van der Waals surface area contributed by atoms with E-state index in [9.17, 15) is 0 Å². The van der Waals surface area contributed by atoms with E-state index in [1.54, 1.807) is 0 Å². The molecule has 0 saturated heterocycles. The standard InChI is InChI=1S/C17H29N2O2P/c1-13(2)19(14(3)4)22(20-9-5-8-18)21-12-17-11-15-6-7-16(17)10-15/h11,13-16H,5-7,9-10,12H2,1-4H3. The molecular weight excluding hydrogens is 295 g/mol. The van der Waals surface area contributed by atoms with Gasteiger partial charge in [-0.25, -0.2) is 4.67 Å². The molecule has 0 radical (unpaired) electrons. The van der Waals surface area contributed by atoms with Gasteiger partial charge in [0.25, 0.3) is 8.53 Å². The fraction of sp³-hybridized carbons (Fsp3) is 0.824. The van der Waals surface area contributed by atoms with Crippen molar-refractivity contribution in [2.24, 2.45) is 11.8 Å². The highest BCUT2D eigenvalue weighted by atomic mass is 31.2. The number of hydrogen-bond donors (Lipinski definition) is 0. The number of nitriles is 1. The van der Waals surface area contributed by atoms with Crippen molar-refractivity contribution in [1.29, 1.82) is 5.26 Å².